The molecule has 0 bridgehead atoms. The molecule has 0 spiro atoms. The van der Waals surface area contributed by atoms with E-state index in [1.807, 2.05) is 6.07 Å². The van der Waals surface area contributed by atoms with E-state index in [-0.39, 0.29) is 5.97 Å². The Morgan fingerprint density at radius 2 is 1.81 bits per heavy atom. The van der Waals surface area contributed by atoms with Gasteiger partial charge >= 0.3 is 5.97 Å². The minimum absolute atomic E-state index is 0.223. The minimum atomic E-state index is -0.223. The Morgan fingerprint density at radius 3 is 2.48 bits per heavy atom. The fraction of sp³-hybridized carbons (Fsp3) is 0.462. The van der Waals surface area contributed by atoms with Gasteiger partial charge in [-0.2, -0.15) is 0 Å². The predicted octanol–water partition coefficient (Wildman–Crippen LogP) is 2.18. The summed E-state index contributed by atoms with van der Waals surface area (Å²) >= 11 is 9.06. The molecule has 0 amide bonds. The van der Waals surface area contributed by atoms with Crippen LogP contribution >= 0.6 is 90.4 Å². The lowest BCUT2D eigenvalue weighted by Gasteiger charge is -2.23. The van der Waals surface area contributed by atoms with Crippen LogP contribution in [0.1, 0.15) is 10.4 Å². The van der Waals surface area contributed by atoms with Gasteiger partial charge in [0.2, 0.25) is 0 Å². The minimum Gasteiger partial charge on any atom is -0.456 e. The van der Waals surface area contributed by atoms with Gasteiger partial charge in [-0.1, -0.05) is 0 Å². The maximum absolute atomic E-state index is 12.3. The SMILES string of the molecule is O=C(OCC[NH+]1CCOCC1)c1cc(I)c(I)c(I)c1I. The monoisotopic (exact) mass is 740 g/mol. The molecule has 1 N–H and O–H groups in total. The van der Waals surface area contributed by atoms with Crippen molar-refractivity contribution in [2.45, 2.75) is 0 Å². The third-order valence-corrected chi connectivity index (χ3v) is 10.5. The Balaban J connectivity index is 1.94. The van der Waals surface area contributed by atoms with E-state index < -0.39 is 0 Å². The number of carbonyl (C=O) groups is 1. The number of benzene rings is 1. The number of rotatable bonds is 4. The number of morpholine rings is 1. The first kappa shape index (κ1) is 18.9. The number of halogens is 4. The molecule has 1 aromatic rings. The van der Waals surface area contributed by atoms with Gasteiger partial charge in [0, 0.05) is 14.3 Å². The predicted molar refractivity (Wildman–Crippen MR) is 114 cm³/mol. The average molecular weight is 740 g/mol. The molecule has 0 radical (unpaired) electrons. The van der Waals surface area contributed by atoms with Crippen molar-refractivity contribution in [1.29, 1.82) is 0 Å². The Labute approximate surface area is 178 Å². The van der Waals surface area contributed by atoms with Crippen molar-refractivity contribution in [3.63, 3.8) is 0 Å². The molecular formula is C13H14I4NO3+. The highest BCUT2D eigenvalue weighted by atomic mass is 127. The van der Waals surface area contributed by atoms with Crippen LogP contribution in [-0.4, -0.2) is 45.4 Å². The molecule has 21 heavy (non-hydrogen) atoms. The van der Waals surface area contributed by atoms with Crippen LogP contribution < -0.4 is 4.90 Å². The van der Waals surface area contributed by atoms with Crippen LogP contribution in [0, 0.1) is 14.3 Å². The molecule has 0 atom stereocenters. The van der Waals surface area contributed by atoms with Gasteiger partial charge in [0.1, 0.15) is 26.2 Å². The van der Waals surface area contributed by atoms with Gasteiger partial charge < -0.3 is 14.4 Å². The van der Waals surface area contributed by atoms with Crippen LogP contribution in [0.2, 0.25) is 0 Å². The maximum atomic E-state index is 12.3. The van der Waals surface area contributed by atoms with E-state index in [0.717, 1.165) is 43.6 Å². The third kappa shape index (κ3) is 5.26. The van der Waals surface area contributed by atoms with E-state index in [1.54, 1.807) is 0 Å². The van der Waals surface area contributed by atoms with Crippen molar-refractivity contribution >= 4 is 96.3 Å². The molecule has 1 heterocycles. The van der Waals surface area contributed by atoms with Gasteiger partial charge in [-0.15, -0.1) is 0 Å². The molecule has 0 unspecified atom stereocenters. The quantitative estimate of drug-likeness (QED) is 0.223. The second kappa shape index (κ2) is 9.13. The Hall–Kier alpha value is 1.53. The van der Waals surface area contributed by atoms with Crippen molar-refractivity contribution in [2.75, 3.05) is 39.5 Å². The summed E-state index contributed by atoms with van der Waals surface area (Å²) in [6, 6.07) is 1.91. The Bertz CT molecular complexity index is 533. The van der Waals surface area contributed by atoms with Crippen LogP contribution in [0.3, 0.4) is 0 Å². The molecule has 4 nitrogen and oxygen atoms in total. The molecular weight excluding hydrogens is 726 g/mol. The van der Waals surface area contributed by atoms with Gasteiger partial charge in [-0.3, -0.25) is 0 Å². The molecule has 0 saturated carbocycles. The number of nitrogens with one attached hydrogen (secondary N) is 1. The number of hydrogen-bond acceptors (Lipinski definition) is 3. The smallest absolute Gasteiger partial charge is 0.339 e. The van der Waals surface area contributed by atoms with Crippen molar-refractivity contribution in [2.24, 2.45) is 0 Å². The highest BCUT2D eigenvalue weighted by Gasteiger charge is 2.19. The van der Waals surface area contributed by atoms with Gasteiger partial charge in [0.25, 0.3) is 0 Å². The first-order chi connectivity index (χ1) is 10.0. The van der Waals surface area contributed by atoms with Crippen LogP contribution in [0.5, 0.6) is 0 Å². The summed E-state index contributed by atoms with van der Waals surface area (Å²) in [5, 5.41) is 0. The van der Waals surface area contributed by atoms with Crippen LogP contribution in [0.25, 0.3) is 0 Å². The van der Waals surface area contributed by atoms with Gasteiger partial charge in [-0.25, -0.2) is 4.79 Å². The summed E-state index contributed by atoms with van der Waals surface area (Å²) in [5.74, 6) is -0.223. The van der Waals surface area contributed by atoms with Crippen LogP contribution in [-0.2, 0) is 9.47 Å². The van der Waals surface area contributed by atoms with Crippen molar-refractivity contribution < 1.29 is 19.2 Å². The van der Waals surface area contributed by atoms with Crippen LogP contribution in [0.15, 0.2) is 6.07 Å². The zero-order valence-electron chi connectivity index (χ0n) is 11.1. The third-order valence-electron chi connectivity index (χ3n) is 3.21. The fourth-order valence-electron chi connectivity index (χ4n) is 2.00. The molecule has 0 aromatic heterocycles. The summed E-state index contributed by atoms with van der Waals surface area (Å²) in [7, 11) is 0. The maximum Gasteiger partial charge on any atom is 0.339 e. The topological polar surface area (TPSA) is 40.0 Å². The lowest BCUT2D eigenvalue weighted by Crippen LogP contribution is -3.14. The fourth-order valence-corrected chi connectivity index (χ4v) is 5.26. The summed E-state index contributed by atoms with van der Waals surface area (Å²) in [4.78, 5) is 13.7. The standard InChI is InChI=1S/C13H13I4NO3/c14-9-7-8(10(15)12(17)11(9)16)13(19)21-6-3-18-1-4-20-5-2-18/h7H,1-6H2/p+1. The van der Waals surface area contributed by atoms with Crippen molar-refractivity contribution in [3.05, 3.63) is 25.9 Å². The first-order valence-electron chi connectivity index (χ1n) is 6.42. The number of quaternary nitrogens is 1. The van der Waals surface area contributed by atoms with Crippen LogP contribution in [0.4, 0.5) is 0 Å². The van der Waals surface area contributed by atoms with Crippen molar-refractivity contribution in [1.82, 2.24) is 0 Å². The van der Waals surface area contributed by atoms with Gasteiger partial charge in [-0.05, 0) is 96.4 Å². The largest absolute Gasteiger partial charge is 0.456 e. The molecule has 1 saturated heterocycles. The highest BCUT2D eigenvalue weighted by Crippen LogP contribution is 2.29. The highest BCUT2D eigenvalue weighted by molar-refractivity contribution is 14.1. The van der Waals surface area contributed by atoms with E-state index in [1.165, 1.54) is 8.47 Å². The second-order valence-corrected chi connectivity index (χ2v) is 8.99. The molecule has 116 valence electrons. The molecule has 2 rings (SSSR count). The normalized spacial score (nSPS) is 16.0. The average Bonchev–Trinajstić information content (AvgIpc) is 2.49. The molecule has 1 aromatic carbocycles. The van der Waals surface area contributed by atoms with Gasteiger partial charge in [0.05, 0.1) is 18.8 Å². The van der Waals surface area contributed by atoms with E-state index in [2.05, 4.69) is 90.4 Å². The lowest BCUT2D eigenvalue weighted by molar-refractivity contribution is -0.908. The van der Waals surface area contributed by atoms with E-state index in [9.17, 15) is 4.79 Å². The summed E-state index contributed by atoms with van der Waals surface area (Å²) in [6.07, 6.45) is 0. The van der Waals surface area contributed by atoms with E-state index in [0.29, 0.717) is 12.2 Å². The second-order valence-electron chi connectivity index (χ2n) is 4.60. The summed E-state index contributed by atoms with van der Waals surface area (Å²) in [5.41, 5.74) is 0.668. The van der Waals surface area contributed by atoms with E-state index in [4.69, 9.17) is 9.47 Å². The molecule has 1 aliphatic rings. The summed E-state index contributed by atoms with van der Waals surface area (Å²) in [6.45, 7) is 4.90. The lowest BCUT2D eigenvalue weighted by atomic mass is 10.2. The Morgan fingerprint density at radius 1 is 1.14 bits per heavy atom. The molecule has 8 heteroatoms. The number of esters is 1. The Kier molecular flexibility index (Phi) is 8.20. The number of ether oxygens (including phenoxy) is 2. The summed E-state index contributed by atoms with van der Waals surface area (Å²) < 4.78 is 15.1. The zero-order valence-corrected chi connectivity index (χ0v) is 19.7. The molecule has 1 fully saturated rings. The molecule has 1 aliphatic heterocycles. The van der Waals surface area contributed by atoms with Gasteiger partial charge in [0.15, 0.2) is 0 Å². The number of hydrogen-bond donors (Lipinski definition) is 1. The number of carbonyl (C=O) groups excluding carboxylic acids is 1. The molecule has 0 aliphatic carbocycles. The van der Waals surface area contributed by atoms with E-state index >= 15 is 0 Å². The van der Waals surface area contributed by atoms with Crippen molar-refractivity contribution in [3.8, 4) is 0 Å². The zero-order chi connectivity index (χ0) is 15.4. The first-order valence-corrected chi connectivity index (χ1v) is 10.7.